The number of aryl methyl sites for hydroxylation is 1. The SMILES string of the molecule is Cc1cccc(N2C[C@@H](c3nc4ccccc4n3C[C@@H](O)COc3ccccc3)CC2=O)c1. The Hall–Kier alpha value is -3.64. The van der Waals surface area contributed by atoms with Crippen LogP contribution in [0, 0.1) is 6.92 Å². The summed E-state index contributed by atoms with van der Waals surface area (Å²) >= 11 is 0. The number of aliphatic hydroxyl groups is 1. The van der Waals surface area contributed by atoms with Gasteiger partial charge in [0.25, 0.3) is 0 Å². The number of fused-ring (bicyclic) bond motifs is 1. The number of hydrogen-bond acceptors (Lipinski definition) is 4. The van der Waals surface area contributed by atoms with Gasteiger partial charge in [-0.05, 0) is 48.9 Å². The van der Waals surface area contributed by atoms with E-state index in [0.717, 1.165) is 33.9 Å². The highest BCUT2D eigenvalue weighted by molar-refractivity contribution is 5.96. The van der Waals surface area contributed by atoms with Crippen LogP contribution in [0.15, 0.2) is 78.9 Å². The molecule has 0 aliphatic carbocycles. The third kappa shape index (κ3) is 4.47. The van der Waals surface area contributed by atoms with Crippen molar-refractivity contribution in [1.82, 2.24) is 9.55 Å². The third-order valence-electron chi connectivity index (χ3n) is 6.07. The van der Waals surface area contributed by atoms with Gasteiger partial charge in [0.1, 0.15) is 24.3 Å². The summed E-state index contributed by atoms with van der Waals surface area (Å²) in [6.45, 7) is 3.12. The molecule has 1 amide bonds. The lowest BCUT2D eigenvalue weighted by Gasteiger charge is -2.19. The van der Waals surface area contributed by atoms with Gasteiger partial charge >= 0.3 is 0 Å². The highest BCUT2D eigenvalue weighted by Crippen LogP contribution is 2.33. The number of imidazole rings is 1. The summed E-state index contributed by atoms with van der Waals surface area (Å²) in [7, 11) is 0. The number of carbonyl (C=O) groups is 1. The first-order valence-electron chi connectivity index (χ1n) is 11.3. The van der Waals surface area contributed by atoms with Crippen molar-refractivity contribution >= 4 is 22.6 Å². The second kappa shape index (κ2) is 9.08. The average molecular weight is 442 g/mol. The number of benzene rings is 3. The van der Waals surface area contributed by atoms with E-state index in [2.05, 4.69) is 0 Å². The van der Waals surface area contributed by atoms with Crippen molar-refractivity contribution in [3.63, 3.8) is 0 Å². The topological polar surface area (TPSA) is 67.6 Å². The van der Waals surface area contributed by atoms with Crippen LogP contribution in [-0.4, -0.2) is 39.8 Å². The summed E-state index contributed by atoms with van der Waals surface area (Å²) in [5.74, 6) is 1.60. The van der Waals surface area contributed by atoms with Crippen LogP contribution in [0.4, 0.5) is 5.69 Å². The van der Waals surface area contributed by atoms with Crippen LogP contribution in [0.5, 0.6) is 5.75 Å². The number of aliphatic hydroxyl groups excluding tert-OH is 1. The van der Waals surface area contributed by atoms with Gasteiger partial charge in [0.15, 0.2) is 0 Å². The fourth-order valence-electron chi connectivity index (χ4n) is 4.50. The van der Waals surface area contributed by atoms with Gasteiger partial charge < -0.3 is 19.3 Å². The lowest BCUT2D eigenvalue weighted by molar-refractivity contribution is -0.117. The molecule has 0 radical (unpaired) electrons. The van der Waals surface area contributed by atoms with Gasteiger partial charge in [-0.3, -0.25) is 4.79 Å². The second-order valence-electron chi connectivity index (χ2n) is 8.59. The summed E-state index contributed by atoms with van der Waals surface area (Å²) < 4.78 is 7.80. The maximum Gasteiger partial charge on any atom is 0.227 e. The first-order chi connectivity index (χ1) is 16.1. The number of rotatable bonds is 7. The molecule has 1 aliphatic heterocycles. The fraction of sp³-hybridized carbons (Fsp3) is 0.259. The molecule has 0 unspecified atom stereocenters. The first kappa shape index (κ1) is 21.2. The van der Waals surface area contributed by atoms with Gasteiger partial charge in [-0.15, -0.1) is 0 Å². The Morgan fingerprint density at radius 3 is 2.67 bits per heavy atom. The molecule has 1 saturated heterocycles. The second-order valence-corrected chi connectivity index (χ2v) is 8.59. The van der Waals surface area contributed by atoms with Gasteiger partial charge in [-0.1, -0.05) is 42.5 Å². The largest absolute Gasteiger partial charge is 0.491 e. The predicted molar refractivity (Wildman–Crippen MR) is 129 cm³/mol. The lowest BCUT2D eigenvalue weighted by atomic mass is 10.1. The van der Waals surface area contributed by atoms with Gasteiger partial charge in [-0.25, -0.2) is 4.98 Å². The van der Waals surface area contributed by atoms with E-state index in [1.807, 2.05) is 95.3 Å². The monoisotopic (exact) mass is 441 g/mol. The van der Waals surface area contributed by atoms with Crippen LogP contribution in [0.2, 0.25) is 0 Å². The van der Waals surface area contributed by atoms with Crippen molar-refractivity contribution in [3.8, 4) is 5.75 Å². The van der Waals surface area contributed by atoms with Gasteiger partial charge in [0.05, 0.1) is 17.6 Å². The number of anilines is 1. The minimum atomic E-state index is -0.716. The number of hydrogen-bond donors (Lipinski definition) is 1. The molecular weight excluding hydrogens is 414 g/mol. The zero-order chi connectivity index (χ0) is 22.8. The lowest BCUT2D eigenvalue weighted by Crippen LogP contribution is -2.26. The molecule has 1 N–H and O–H groups in total. The molecule has 1 fully saturated rings. The van der Waals surface area contributed by atoms with E-state index in [4.69, 9.17) is 9.72 Å². The van der Waals surface area contributed by atoms with Crippen molar-refractivity contribution in [3.05, 3.63) is 90.3 Å². The Bertz CT molecular complexity index is 1270. The number of carbonyl (C=O) groups excluding carboxylic acids is 1. The molecule has 1 aromatic heterocycles. The maximum atomic E-state index is 12.9. The summed E-state index contributed by atoms with van der Waals surface area (Å²) in [6.07, 6.45) is -0.319. The number of ether oxygens (including phenoxy) is 1. The summed E-state index contributed by atoms with van der Waals surface area (Å²) in [5.41, 5.74) is 3.86. The zero-order valence-corrected chi connectivity index (χ0v) is 18.6. The predicted octanol–water partition coefficient (Wildman–Crippen LogP) is 4.31. The minimum absolute atomic E-state index is 0.0485. The molecule has 0 spiro atoms. The van der Waals surface area contributed by atoms with Gasteiger partial charge in [0, 0.05) is 24.6 Å². The minimum Gasteiger partial charge on any atom is -0.491 e. The molecule has 5 rings (SSSR count). The van der Waals surface area contributed by atoms with Crippen LogP contribution >= 0.6 is 0 Å². The van der Waals surface area contributed by atoms with Crippen molar-refractivity contribution in [2.45, 2.75) is 31.9 Å². The zero-order valence-electron chi connectivity index (χ0n) is 18.6. The molecule has 6 heteroatoms. The number of amides is 1. The van der Waals surface area contributed by atoms with Crippen LogP contribution in [-0.2, 0) is 11.3 Å². The number of para-hydroxylation sites is 3. The molecule has 1 aliphatic rings. The first-order valence-corrected chi connectivity index (χ1v) is 11.3. The molecule has 2 heterocycles. The van der Waals surface area contributed by atoms with E-state index in [9.17, 15) is 9.90 Å². The van der Waals surface area contributed by atoms with E-state index in [0.29, 0.717) is 19.5 Å². The van der Waals surface area contributed by atoms with Crippen molar-refractivity contribution in [1.29, 1.82) is 0 Å². The standard InChI is InChI=1S/C27H27N3O3/c1-19-8-7-9-21(14-19)29-16-20(15-26(29)32)27-28-24-12-5-6-13-25(24)30(27)17-22(31)18-33-23-10-3-2-4-11-23/h2-14,20,22,31H,15-18H2,1H3/t20-,22+/m0/s1. The molecule has 0 saturated carbocycles. The van der Waals surface area contributed by atoms with Crippen molar-refractivity contribution in [2.24, 2.45) is 0 Å². The molecule has 2 atom stereocenters. The molecule has 4 aromatic rings. The summed E-state index contributed by atoms with van der Waals surface area (Å²) in [4.78, 5) is 19.6. The normalized spacial score (nSPS) is 17.0. The molecule has 33 heavy (non-hydrogen) atoms. The Labute approximate surface area is 193 Å². The van der Waals surface area contributed by atoms with E-state index in [1.165, 1.54) is 0 Å². The average Bonchev–Trinajstić information content (AvgIpc) is 3.39. The van der Waals surface area contributed by atoms with E-state index in [1.54, 1.807) is 0 Å². The Kier molecular flexibility index (Phi) is 5.84. The number of nitrogens with zero attached hydrogens (tertiary/aromatic N) is 3. The van der Waals surface area contributed by atoms with Gasteiger partial charge in [0.2, 0.25) is 5.91 Å². The van der Waals surface area contributed by atoms with Gasteiger partial charge in [-0.2, -0.15) is 0 Å². The summed E-state index contributed by atoms with van der Waals surface area (Å²) in [5, 5.41) is 10.8. The van der Waals surface area contributed by atoms with Crippen LogP contribution in [0.1, 0.15) is 23.7 Å². The highest BCUT2D eigenvalue weighted by Gasteiger charge is 2.35. The van der Waals surface area contributed by atoms with E-state index >= 15 is 0 Å². The Balaban J connectivity index is 1.39. The number of aromatic nitrogens is 2. The Morgan fingerprint density at radius 1 is 1.06 bits per heavy atom. The van der Waals surface area contributed by atoms with E-state index in [-0.39, 0.29) is 18.4 Å². The van der Waals surface area contributed by atoms with E-state index < -0.39 is 6.10 Å². The quantitative estimate of drug-likeness (QED) is 0.464. The van der Waals surface area contributed by atoms with Crippen molar-refractivity contribution in [2.75, 3.05) is 18.1 Å². The third-order valence-corrected chi connectivity index (χ3v) is 6.07. The summed E-state index contributed by atoms with van der Waals surface area (Å²) in [6, 6.07) is 25.4. The van der Waals surface area contributed by atoms with Crippen LogP contribution in [0.3, 0.4) is 0 Å². The Morgan fingerprint density at radius 2 is 1.85 bits per heavy atom. The fourth-order valence-corrected chi connectivity index (χ4v) is 4.50. The molecule has 3 aromatic carbocycles. The molecule has 0 bridgehead atoms. The van der Waals surface area contributed by atoms with Crippen molar-refractivity contribution < 1.29 is 14.6 Å². The molecular formula is C27H27N3O3. The smallest absolute Gasteiger partial charge is 0.227 e. The molecule has 6 nitrogen and oxygen atoms in total. The van der Waals surface area contributed by atoms with Crippen LogP contribution < -0.4 is 9.64 Å². The highest BCUT2D eigenvalue weighted by atomic mass is 16.5. The maximum absolute atomic E-state index is 12.9. The van der Waals surface area contributed by atoms with Crippen LogP contribution in [0.25, 0.3) is 11.0 Å². The molecule has 168 valence electrons.